The van der Waals surface area contributed by atoms with Gasteiger partial charge in [-0.15, -0.1) is 45.3 Å². The van der Waals surface area contributed by atoms with Crippen molar-refractivity contribution in [3.8, 4) is 30.6 Å². The first-order valence-electron chi connectivity index (χ1n) is 27.6. The van der Waals surface area contributed by atoms with Crippen LogP contribution in [-0.2, 0) is 67.3 Å². The Hall–Kier alpha value is -7.58. The van der Waals surface area contributed by atoms with E-state index in [9.17, 15) is 28.8 Å². The first kappa shape index (κ1) is 60.5. The summed E-state index contributed by atoms with van der Waals surface area (Å²) in [7, 11) is 0. The van der Waals surface area contributed by atoms with E-state index >= 15 is 0 Å². The van der Waals surface area contributed by atoms with Crippen molar-refractivity contribution in [3.05, 3.63) is 200 Å². The fourth-order valence-electron chi connectivity index (χ4n) is 9.17. The Morgan fingerprint density at radius 2 is 0.732 bits per heavy atom. The maximum Gasteiger partial charge on any atom is 0.242 e. The van der Waals surface area contributed by atoms with Gasteiger partial charge < -0.3 is 43.4 Å². The number of hydrogen-bond donors (Lipinski definition) is 8. The molecule has 4 aromatic heterocycles. The van der Waals surface area contributed by atoms with E-state index in [4.69, 9.17) is 11.5 Å². The average Bonchev–Trinajstić information content (AvgIpc) is 4.42. The summed E-state index contributed by atoms with van der Waals surface area (Å²) in [5.41, 5.74) is 18.5. The van der Waals surface area contributed by atoms with Gasteiger partial charge >= 0.3 is 0 Å². The third kappa shape index (κ3) is 19.3. The Kier molecular flexibility index (Phi) is 23.3. The molecule has 426 valence electrons. The number of nitrogens with one attached hydrogen (secondary N) is 6. The van der Waals surface area contributed by atoms with Gasteiger partial charge in [0.05, 0.1) is 12.1 Å². The quantitative estimate of drug-likeness (QED) is 0.0196. The highest BCUT2D eigenvalue weighted by molar-refractivity contribution is 7.21. The lowest BCUT2D eigenvalue weighted by Crippen LogP contribution is -2.53. The van der Waals surface area contributed by atoms with Crippen LogP contribution in [0.5, 0.6) is 0 Å². The van der Waals surface area contributed by atoms with Crippen molar-refractivity contribution < 1.29 is 28.8 Å². The predicted octanol–water partition coefficient (Wildman–Crippen LogP) is 8.64. The second kappa shape index (κ2) is 31.6. The zero-order valence-electron chi connectivity index (χ0n) is 45.6. The number of benzene rings is 4. The van der Waals surface area contributed by atoms with Gasteiger partial charge in [0.25, 0.3) is 0 Å². The van der Waals surface area contributed by atoms with E-state index in [1.54, 1.807) is 45.3 Å². The number of hydrogen-bond acceptors (Lipinski definition) is 12. The third-order valence-electron chi connectivity index (χ3n) is 13.6. The lowest BCUT2D eigenvalue weighted by atomic mass is 10.0. The summed E-state index contributed by atoms with van der Waals surface area (Å²) in [6.07, 6.45) is 4.96. The molecule has 0 bridgehead atoms. The van der Waals surface area contributed by atoms with Crippen LogP contribution in [0.3, 0.4) is 0 Å². The van der Waals surface area contributed by atoms with E-state index in [1.165, 1.54) is 40.4 Å². The molecule has 0 saturated heterocycles. The second-order valence-electron chi connectivity index (χ2n) is 20.0. The largest absolute Gasteiger partial charge is 0.354 e. The zero-order valence-corrected chi connectivity index (χ0v) is 48.9. The summed E-state index contributed by atoms with van der Waals surface area (Å²) in [6.45, 7) is 0.963. The third-order valence-corrected chi connectivity index (χ3v) is 18.0. The molecule has 10 N–H and O–H groups in total. The SMILES string of the molecule is N[C@@H](Cc1ccccc1)C(=O)N[C@@H](Cc1ccccc1)C(=O)NCCNC(=O)CCCc1ccc(-c2csc(-c3cc(-c4ccc(CCCC(=O)NCCNC(=O)[C@H](Cc5ccccc5)NC(=O)[C@@H](N)Cc5ccccc5)s4)cs3)c2)s1. The minimum absolute atomic E-state index is 0.0853. The van der Waals surface area contributed by atoms with Crippen LogP contribution in [0.15, 0.2) is 168 Å². The highest BCUT2D eigenvalue weighted by atomic mass is 32.1. The predicted molar refractivity (Wildman–Crippen MR) is 333 cm³/mol. The molecule has 14 nitrogen and oxygen atoms in total. The summed E-state index contributed by atoms with van der Waals surface area (Å²) < 4.78 is 0. The number of amides is 6. The van der Waals surface area contributed by atoms with Gasteiger partial charge in [-0.3, -0.25) is 28.8 Å². The summed E-state index contributed by atoms with van der Waals surface area (Å²) in [6, 6.07) is 47.8. The molecular formula is C64H70N8O6S4. The molecule has 4 heterocycles. The highest BCUT2D eigenvalue weighted by Crippen LogP contribution is 2.41. The lowest BCUT2D eigenvalue weighted by Gasteiger charge is -2.21. The molecule has 0 fully saturated rings. The number of carbonyl (C=O) groups excluding carboxylic acids is 6. The van der Waals surface area contributed by atoms with Gasteiger partial charge in [0.2, 0.25) is 35.4 Å². The van der Waals surface area contributed by atoms with Crippen molar-refractivity contribution in [2.24, 2.45) is 11.5 Å². The van der Waals surface area contributed by atoms with E-state index in [1.807, 2.05) is 121 Å². The van der Waals surface area contributed by atoms with E-state index < -0.39 is 36.0 Å². The first-order chi connectivity index (χ1) is 39.9. The fourth-order valence-corrected chi connectivity index (χ4v) is 13.3. The Morgan fingerprint density at radius 1 is 0.390 bits per heavy atom. The maximum atomic E-state index is 13.3. The first-order valence-corrected chi connectivity index (χ1v) is 31.0. The smallest absolute Gasteiger partial charge is 0.242 e. The number of aryl methyl sites for hydroxylation is 2. The fraction of sp³-hybridized carbons (Fsp3) is 0.281. The van der Waals surface area contributed by atoms with Crippen LogP contribution in [-0.4, -0.2) is 85.8 Å². The maximum absolute atomic E-state index is 13.3. The Bertz CT molecular complexity index is 3090. The molecule has 0 saturated carbocycles. The van der Waals surface area contributed by atoms with E-state index in [2.05, 4.69) is 79.1 Å². The minimum atomic E-state index is -0.829. The molecule has 0 aliphatic rings. The molecule has 0 radical (unpaired) electrons. The number of rotatable bonds is 31. The molecule has 0 spiro atoms. The van der Waals surface area contributed by atoms with Crippen LogP contribution >= 0.6 is 45.3 Å². The van der Waals surface area contributed by atoms with E-state index in [-0.39, 0.29) is 49.8 Å². The number of thiophene rings is 4. The van der Waals surface area contributed by atoms with Gasteiger partial charge in [-0.1, -0.05) is 121 Å². The van der Waals surface area contributed by atoms with Crippen LogP contribution in [0.1, 0.15) is 57.7 Å². The summed E-state index contributed by atoms with van der Waals surface area (Å²) >= 11 is 6.93. The van der Waals surface area contributed by atoms with E-state index in [0.717, 1.165) is 35.1 Å². The van der Waals surface area contributed by atoms with Crippen LogP contribution in [0, 0.1) is 0 Å². The van der Waals surface area contributed by atoms with Gasteiger partial charge in [0.15, 0.2) is 0 Å². The standard InChI is InChI=1S/C64H70N8O6S4/c65-51(35-43-15-5-1-6-16-43)61(75)71-53(37-45-19-9-3-10-20-45)63(77)69-33-31-67-59(73)25-13-23-49-27-29-55(81-49)47-39-57(79-41-47)58-40-48(42-80-58)56-30-28-50(82-56)24-14-26-60(74)68-32-34-70-64(78)54(38-46-21-11-4-12-22-46)72-62(76)52(66)36-44-17-7-2-8-18-44/h1-12,15-22,27-30,39-42,51-54H,13-14,23-26,31-38,65-66H2,(H,67,73)(H,68,74)(H,69,77)(H,70,78)(H,71,75)(H,72,76)/t51-,52-,53-,54-/m0/s1. The van der Waals surface area contributed by atoms with Crippen molar-refractivity contribution in [3.63, 3.8) is 0 Å². The number of nitrogens with two attached hydrogens (primary N) is 2. The molecule has 6 amide bonds. The van der Waals surface area contributed by atoms with Crippen molar-refractivity contribution in [1.82, 2.24) is 31.9 Å². The van der Waals surface area contributed by atoms with Gasteiger partial charge in [-0.25, -0.2) is 0 Å². The molecule has 82 heavy (non-hydrogen) atoms. The number of carbonyl (C=O) groups is 6. The van der Waals surface area contributed by atoms with Crippen molar-refractivity contribution in [1.29, 1.82) is 0 Å². The monoisotopic (exact) mass is 1170 g/mol. The van der Waals surface area contributed by atoms with Gasteiger partial charge in [-0.05, 0) is 97.2 Å². The van der Waals surface area contributed by atoms with Crippen LogP contribution in [0.25, 0.3) is 30.6 Å². The van der Waals surface area contributed by atoms with Crippen molar-refractivity contribution in [2.75, 3.05) is 26.2 Å². The molecule has 4 atom stereocenters. The second-order valence-corrected chi connectivity index (χ2v) is 24.2. The van der Waals surface area contributed by atoms with Gasteiger partial charge in [0, 0.05) is 103 Å². The summed E-state index contributed by atoms with van der Waals surface area (Å²) in [4.78, 5) is 85.6. The molecular weight excluding hydrogens is 1110 g/mol. The molecule has 8 rings (SSSR count). The molecule has 0 unspecified atom stereocenters. The van der Waals surface area contributed by atoms with Crippen LogP contribution in [0.2, 0.25) is 0 Å². The highest BCUT2D eigenvalue weighted by Gasteiger charge is 2.26. The van der Waals surface area contributed by atoms with Crippen molar-refractivity contribution in [2.45, 2.75) is 88.4 Å². The Morgan fingerprint density at radius 3 is 1.10 bits per heavy atom. The van der Waals surface area contributed by atoms with Crippen LogP contribution in [0.4, 0.5) is 0 Å². The normalized spacial score (nSPS) is 12.6. The molecule has 0 aliphatic carbocycles. The van der Waals surface area contributed by atoms with Crippen LogP contribution < -0.4 is 43.4 Å². The molecule has 0 aliphatic heterocycles. The van der Waals surface area contributed by atoms with Gasteiger partial charge in [-0.2, -0.15) is 0 Å². The van der Waals surface area contributed by atoms with Gasteiger partial charge in [0.1, 0.15) is 12.1 Å². The Labute approximate surface area is 495 Å². The minimum Gasteiger partial charge on any atom is -0.354 e. The van der Waals surface area contributed by atoms with Crippen molar-refractivity contribution >= 4 is 80.8 Å². The zero-order chi connectivity index (χ0) is 57.5. The molecule has 4 aromatic carbocycles. The molecule has 8 aromatic rings. The molecule has 18 heteroatoms. The Balaban J connectivity index is 0.708. The average molecular weight is 1180 g/mol. The summed E-state index contributed by atoms with van der Waals surface area (Å²) in [5.74, 6) is -1.67. The topological polar surface area (TPSA) is 227 Å². The van der Waals surface area contributed by atoms with E-state index in [0.29, 0.717) is 51.4 Å². The summed E-state index contributed by atoms with van der Waals surface area (Å²) in [5, 5.41) is 21.7. The lowest BCUT2D eigenvalue weighted by molar-refractivity contribution is -0.129.